The number of hydrogen-bond donors (Lipinski definition) is 3. The van der Waals surface area contributed by atoms with Crippen molar-refractivity contribution in [3.8, 4) is 0 Å². The van der Waals surface area contributed by atoms with Gasteiger partial charge in [0.1, 0.15) is 23.8 Å². The third kappa shape index (κ3) is 2.50. The van der Waals surface area contributed by atoms with E-state index in [4.69, 9.17) is 10.2 Å². The van der Waals surface area contributed by atoms with Gasteiger partial charge in [-0.1, -0.05) is 0 Å². The Bertz CT molecular complexity index is 355. The molecule has 0 aliphatic carbocycles. The van der Waals surface area contributed by atoms with E-state index >= 15 is 0 Å². The zero-order valence-corrected chi connectivity index (χ0v) is 8.11. The molecule has 0 spiro atoms. The van der Waals surface area contributed by atoms with Crippen LogP contribution >= 0.6 is 0 Å². The Kier molecular flexibility index (Phi) is 3.73. The summed E-state index contributed by atoms with van der Waals surface area (Å²) in [5, 5.41) is 27.1. The lowest BCUT2D eigenvalue weighted by atomic mass is 10.0. The Hall–Kier alpha value is -1.04. The molecule has 0 heterocycles. The first-order valence-corrected chi connectivity index (χ1v) is 4.40. The molecule has 2 atom stereocenters. The average Bonchev–Trinajstić information content (AvgIpc) is 2.21. The van der Waals surface area contributed by atoms with E-state index in [9.17, 15) is 13.9 Å². The van der Waals surface area contributed by atoms with E-state index in [1.165, 1.54) is 6.92 Å². The van der Waals surface area contributed by atoms with Gasteiger partial charge in [0.2, 0.25) is 0 Å². The van der Waals surface area contributed by atoms with Crippen molar-refractivity contribution in [1.82, 2.24) is 0 Å². The third-order valence-electron chi connectivity index (χ3n) is 2.15. The van der Waals surface area contributed by atoms with E-state index in [0.717, 1.165) is 6.07 Å². The standard InChI is InChI=1S/C10H12F2O3/c1-5-2-6(8(12)3-7(5)11)10(15)9(14)4-13/h2-3,9-10,13-15H,4H2,1H3. The number of aliphatic hydroxyl groups is 3. The Balaban J connectivity index is 3.09. The van der Waals surface area contributed by atoms with Gasteiger partial charge in [0.25, 0.3) is 0 Å². The predicted molar refractivity (Wildman–Crippen MR) is 49.1 cm³/mol. The Morgan fingerprint density at radius 2 is 1.80 bits per heavy atom. The quantitative estimate of drug-likeness (QED) is 0.698. The SMILES string of the molecule is Cc1cc(C(O)C(O)CO)c(F)cc1F. The largest absolute Gasteiger partial charge is 0.394 e. The van der Waals surface area contributed by atoms with Crippen LogP contribution in [0.15, 0.2) is 12.1 Å². The molecule has 0 saturated carbocycles. The Labute approximate surface area is 85.6 Å². The van der Waals surface area contributed by atoms with Crippen molar-refractivity contribution in [2.45, 2.75) is 19.1 Å². The lowest BCUT2D eigenvalue weighted by Gasteiger charge is -2.17. The first-order valence-electron chi connectivity index (χ1n) is 4.40. The zero-order chi connectivity index (χ0) is 11.6. The third-order valence-corrected chi connectivity index (χ3v) is 2.15. The van der Waals surface area contributed by atoms with Crippen molar-refractivity contribution in [3.63, 3.8) is 0 Å². The number of halogens is 2. The van der Waals surface area contributed by atoms with Gasteiger partial charge in [-0.2, -0.15) is 0 Å². The topological polar surface area (TPSA) is 60.7 Å². The van der Waals surface area contributed by atoms with Crippen LogP contribution in [-0.2, 0) is 0 Å². The van der Waals surface area contributed by atoms with E-state index in [2.05, 4.69) is 0 Å². The van der Waals surface area contributed by atoms with E-state index in [1.807, 2.05) is 0 Å². The van der Waals surface area contributed by atoms with E-state index in [0.29, 0.717) is 6.07 Å². The normalized spacial score (nSPS) is 15.1. The van der Waals surface area contributed by atoms with Gasteiger partial charge in [-0.15, -0.1) is 0 Å². The smallest absolute Gasteiger partial charge is 0.132 e. The van der Waals surface area contributed by atoms with Crippen LogP contribution in [0.5, 0.6) is 0 Å². The van der Waals surface area contributed by atoms with Crippen molar-refractivity contribution < 1.29 is 24.1 Å². The van der Waals surface area contributed by atoms with Crippen molar-refractivity contribution in [2.24, 2.45) is 0 Å². The predicted octanol–water partition coefficient (Wildman–Crippen LogP) is 0.660. The molecule has 0 aliphatic heterocycles. The Morgan fingerprint density at radius 1 is 1.20 bits per heavy atom. The van der Waals surface area contributed by atoms with Crippen LogP contribution in [0.1, 0.15) is 17.2 Å². The molecule has 15 heavy (non-hydrogen) atoms. The molecule has 0 radical (unpaired) electrons. The molecule has 0 aromatic heterocycles. The van der Waals surface area contributed by atoms with Gasteiger partial charge in [0, 0.05) is 11.6 Å². The first kappa shape index (κ1) is 12.0. The minimum atomic E-state index is -1.56. The highest BCUT2D eigenvalue weighted by molar-refractivity contribution is 5.27. The number of aliphatic hydroxyl groups excluding tert-OH is 3. The van der Waals surface area contributed by atoms with Crippen LogP contribution in [0, 0.1) is 18.6 Å². The lowest BCUT2D eigenvalue weighted by Crippen LogP contribution is -2.23. The average molecular weight is 218 g/mol. The van der Waals surface area contributed by atoms with Gasteiger partial charge < -0.3 is 15.3 Å². The van der Waals surface area contributed by atoms with Crippen LogP contribution in [-0.4, -0.2) is 28.0 Å². The maximum atomic E-state index is 13.2. The number of aryl methyl sites for hydroxylation is 1. The second-order valence-corrected chi connectivity index (χ2v) is 3.32. The number of benzene rings is 1. The number of rotatable bonds is 3. The van der Waals surface area contributed by atoms with Crippen molar-refractivity contribution >= 4 is 0 Å². The van der Waals surface area contributed by atoms with E-state index in [-0.39, 0.29) is 11.1 Å². The molecule has 0 fully saturated rings. The Morgan fingerprint density at radius 3 is 2.33 bits per heavy atom. The molecule has 0 amide bonds. The molecule has 3 nitrogen and oxygen atoms in total. The summed E-state index contributed by atoms with van der Waals surface area (Å²) < 4.78 is 26.1. The molecular weight excluding hydrogens is 206 g/mol. The van der Waals surface area contributed by atoms with Crippen molar-refractivity contribution in [3.05, 3.63) is 34.9 Å². The van der Waals surface area contributed by atoms with Crippen LogP contribution in [0.2, 0.25) is 0 Å². The van der Waals surface area contributed by atoms with Crippen molar-refractivity contribution in [2.75, 3.05) is 6.61 Å². The fraction of sp³-hybridized carbons (Fsp3) is 0.400. The fourth-order valence-corrected chi connectivity index (χ4v) is 1.21. The molecule has 3 N–H and O–H groups in total. The van der Waals surface area contributed by atoms with Gasteiger partial charge in [0.05, 0.1) is 6.61 Å². The molecule has 2 unspecified atom stereocenters. The second kappa shape index (κ2) is 4.65. The highest BCUT2D eigenvalue weighted by atomic mass is 19.1. The van der Waals surface area contributed by atoms with Crippen molar-refractivity contribution in [1.29, 1.82) is 0 Å². The first-order chi connectivity index (χ1) is 6.97. The minimum absolute atomic E-state index is 0.163. The molecule has 84 valence electrons. The molecule has 0 saturated heterocycles. The summed E-state index contributed by atoms with van der Waals surface area (Å²) in [4.78, 5) is 0. The van der Waals surface area contributed by atoms with Crippen LogP contribution in [0.25, 0.3) is 0 Å². The lowest BCUT2D eigenvalue weighted by molar-refractivity contribution is -0.0169. The highest BCUT2D eigenvalue weighted by Crippen LogP contribution is 2.23. The monoisotopic (exact) mass is 218 g/mol. The molecule has 0 bridgehead atoms. The van der Waals surface area contributed by atoms with Crippen LogP contribution < -0.4 is 0 Å². The summed E-state index contributed by atoms with van der Waals surface area (Å²) in [6.07, 6.45) is -3.04. The summed E-state index contributed by atoms with van der Waals surface area (Å²) in [7, 11) is 0. The maximum absolute atomic E-state index is 13.2. The van der Waals surface area contributed by atoms with E-state index < -0.39 is 30.4 Å². The summed E-state index contributed by atoms with van der Waals surface area (Å²) in [6.45, 7) is 0.716. The van der Waals surface area contributed by atoms with Gasteiger partial charge in [-0.05, 0) is 18.6 Å². The van der Waals surface area contributed by atoms with Gasteiger partial charge in [-0.3, -0.25) is 0 Å². The summed E-state index contributed by atoms with van der Waals surface area (Å²) >= 11 is 0. The molecule has 5 heteroatoms. The summed E-state index contributed by atoms with van der Waals surface area (Å²) in [5.74, 6) is -1.67. The van der Waals surface area contributed by atoms with Crippen LogP contribution in [0.4, 0.5) is 8.78 Å². The summed E-state index contributed by atoms with van der Waals surface area (Å²) in [5.41, 5.74) is -0.0639. The summed E-state index contributed by atoms with van der Waals surface area (Å²) in [6, 6.07) is 1.74. The second-order valence-electron chi connectivity index (χ2n) is 3.32. The molecule has 0 aliphatic rings. The van der Waals surface area contributed by atoms with E-state index in [1.54, 1.807) is 0 Å². The number of hydrogen-bond acceptors (Lipinski definition) is 3. The fourth-order valence-electron chi connectivity index (χ4n) is 1.21. The molecule has 1 rings (SSSR count). The zero-order valence-electron chi connectivity index (χ0n) is 8.11. The maximum Gasteiger partial charge on any atom is 0.132 e. The van der Waals surface area contributed by atoms with Gasteiger partial charge in [-0.25, -0.2) is 8.78 Å². The minimum Gasteiger partial charge on any atom is -0.394 e. The molecular formula is C10H12F2O3. The van der Waals surface area contributed by atoms with Crippen LogP contribution in [0.3, 0.4) is 0 Å². The molecule has 1 aromatic carbocycles. The highest BCUT2D eigenvalue weighted by Gasteiger charge is 2.21. The molecule has 1 aromatic rings. The van der Waals surface area contributed by atoms with Gasteiger partial charge >= 0.3 is 0 Å². The van der Waals surface area contributed by atoms with Gasteiger partial charge in [0.15, 0.2) is 0 Å².